The number of aromatic nitrogens is 4. The minimum absolute atomic E-state index is 0.0407. The van der Waals surface area contributed by atoms with Gasteiger partial charge in [-0.15, -0.1) is 11.3 Å². The second kappa shape index (κ2) is 9.82. The molecule has 5 rings (SSSR count). The topological polar surface area (TPSA) is 142 Å². The van der Waals surface area contributed by atoms with Crippen molar-refractivity contribution in [3.05, 3.63) is 70.6 Å². The summed E-state index contributed by atoms with van der Waals surface area (Å²) in [5.74, 6) is 0.386. The molecule has 182 valence electrons. The lowest BCUT2D eigenvalue weighted by Gasteiger charge is -2.15. The molecular formula is C23H24N6O4S2. The highest BCUT2D eigenvalue weighted by molar-refractivity contribution is 7.84. The number of imidazole rings is 1. The SMILES string of the molecule is NS(=O)(=O)OC[C@@H]1CC[C@H](Nc2ncncc2C(=O)c2cc(Cn3cnc4ccccc43)cs2)C1. The highest BCUT2D eigenvalue weighted by Gasteiger charge is 2.28. The van der Waals surface area contributed by atoms with Gasteiger partial charge in [-0.2, -0.15) is 8.42 Å². The van der Waals surface area contributed by atoms with Crippen molar-refractivity contribution in [3.8, 4) is 0 Å². The molecule has 0 spiro atoms. The number of carbonyl (C=O) groups is 1. The monoisotopic (exact) mass is 512 g/mol. The number of nitrogens with one attached hydrogen (secondary N) is 1. The fourth-order valence-electron chi connectivity index (χ4n) is 4.40. The molecule has 3 heterocycles. The maximum atomic E-state index is 13.3. The number of para-hydroxylation sites is 2. The Labute approximate surface area is 206 Å². The van der Waals surface area contributed by atoms with E-state index in [9.17, 15) is 13.2 Å². The first-order valence-electron chi connectivity index (χ1n) is 11.1. The Hall–Kier alpha value is -3.19. The number of hydrogen-bond acceptors (Lipinski definition) is 9. The van der Waals surface area contributed by atoms with Gasteiger partial charge in [-0.3, -0.25) is 8.98 Å². The third-order valence-corrected chi connectivity index (χ3v) is 7.51. The van der Waals surface area contributed by atoms with E-state index in [2.05, 4.69) is 24.8 Å². The maximum absolute atomic E-state index is 13.3. The number of nitrogens with two attached hydrogens (primary N) is 1. The first kappa shape index (κ1) is 23.5. The van der Waals surface area contributed by atoms with E-state index in [0.29, 0.717) is 29.2 Å². The van der Waals surface area contributed by atoms with Crippen LogP contribution in [0.2, 0.25) is 0 Å². The molecule has 0 saturated heterocycles. The van der Waals surface area contributed by atoms with Crippen LogP contribution < -0.4 is 10.5 Å². The average molecular weight is 513 g/mol. The smallest absolute Gasteiger partial charge is 0.333 e. The summed E-state index contributed by atoms with van der Waals surface area (Å²) >= 11 is 1.39. The molecular weight excluding hydrogens is 488 g/mol. The van der Waals surface area contributed by atoms with Crippen molar-refractivity contribution >= 4 is 44.3 Å². The summed E-state index contributed by atoms with van der Waals surface area (Å²) in [4.78, 5) is 26.7. The van der Waals surface area contributed by atoms with Crippen LogP contribution in [0.5, 0.6) is 0 Å². The number of rotatable bonds is 9. The van der Waals surface area contributed by atoms with Gasteiger partial charge in [-0.25, -0.2) is 20.1 Å². The predicted octanol–water partition coefficient (Wildman–Crippen LogP) is 2.97. The lowest BCUT2D eigenvalue weighted by molar-refractivity contribution is 0.104. The first-order chi connectivity index (χ1) is 16.9. The molecule has 3 aromatic heterocycles. The van der Waals surface area contributed by atoms with Crippen LogP contribution in [0, 0.1) is 5.92 Å². The molecule has 1 aliphatic carbocycles. The third-order valence-electron chi connectivity index (χ3n) is 6.06. The molecule has 0 radical (unpaired) electrons. The summed E-state index contributed by atoms with van der Waals surface area (Å²) in [7, 11) is -3.95. The Balaban J connectivity index is 1.27. The number of benzene rings is 1. The molecule has 3 N–H and O–H groups in total. The molecule has 1 aromatic carbocycles. The van der Waals surface area contributed by atoms with Gasteiger partial charge in [0.05, 0.1) is 34.4 Å². The van der Waals surface area contributed by atoms with Crippen molar-refractivity contribution in [3.63, 3.8) is 0 Å². The summed E-state index contributed by atoms with van der Waals surface area (Å²) in [6.45, 7) is 0.668. The van der Waals surface area contributed by atoms with Crippen molar-refractivity contribution in [1.29, 1.82) is 0 Å². The number of hydrogen-bond donors (Lipinski definition) is 2. The quantitative estimate of drug-likeness (QED) is 0.326. The molecule has 4 aromatic rings. The van der Waals surface area contributed by atoms with Crippen LogP contribution in [0.3, 0.4) is 0 Å². The van der Waals surface area contributed by atoms with Crippen LogP contribution in [-0.2, 0) is 21.0 Å². The Morgan fingerprint density at radius 2 is 2.11 bits per heavy atom. The van der Waals surface area contributed by atoms with E-state index in [4.69, 9.17) is 9.32 Å². The summed E-state index contributed by atoms with van der Waals surface area (Å²) in [5, 5.41) is 10.2. The highest BCUT2D eigenvalue weighted by atomic mass is 32.2. The molecule has 12 heteroatoms. The van der Waals surface area contributed by atoms with E-state index in [-0.39, 0.29) is 24.3 Å². The summed E-state index contributed by atoms with van der Waals surface area (Å²) in [5.41, 5.74) is 3.39. The molecule has 1 saturated carbocycles. The van der Waals surface area contributed by atoms with Crippen molar-refractivity contribution in [2.45, 2.75) is 31.8 Å². The fourth-order valence-corrected chi connectivity index (χ4v) is 5.64. The van der Waals surface area contributed by atoms with Gasteiger partial charge in [0.25, 0.3) is 0 Å². The van der Waals surface area contributed by atoms with E-state index < -0.39 is 10.3 Å². The largest absolute Gasteiger partial charge is 0.367 e. The van der Waals surface area contributed by atoms with Crippen LogP contribution in [0.4, 0.5) is 5.82 Å². The van der Waals surface area contributed by atoms with E-state index >= 15 is 0 Å². The number of carbonyl (C=O) groups excluding carboxylic acids is 1. The molecule has 0 aliphatic heterocycles. The van der Waals surface area contributed by atoms with Crippen LogP contribution in [0.15, 0.2) is 54.6 Å². The first-order valence-corrected chi connectivity index (χ1v) is 13.5. The van der Waals surface area contributed by atoms with Gasteiger partial charge in [0.1, 0.15) is 12.1 Å². The lowest BCUT2D eigenvalue weighted by atomic mass is 10.1. The van der Waals surface area contributed by atoms with Gasteiger partial charge in [0, 0.05) is 18.8 Å². The van der Waals surface area contributed by atoms with E-state index in [0.717, 1.165) is 29.4 Å². The van der Waals surface area contributed by atoms with Gasteiger partial charge in [-0.05, 0) is 54.3 Å². The Morgan fingerprint density at radius 3 is 2.97 bits per heavy atom. The van der Waals surface area contributed by atoms with Crippen molar-refractivity contribution < 1.29 is 17.4 Å². The Bertz CT molecular complexity index is 1470. The van der Waals surface area contributed by atoms with Gasteiger partial charge < -0.3 is 9.88 Å². The zero-order chi connectivity index (χ0) is 24.4. The Kier molecular flexibility index (Phi) is 6.60. The summed E-state index contributed by atoms with van der Waals surface area (Å²) in [6, 6.07) is 9.87. The highest BCUT2D eigenvalue weighted by Crippen LogP contribution is 2.30. The van der Waals surface area contributed by atoms with E-state index in [1.165, 1.54) is 23.9 Å². The van der Waals surface area contributed by atoms with Gasteiger partial charge >= 0.3 is 10.3 Å². The average Bonchev–Trinajstić information content (AvgIpc) is 3.58. The number of fused-ring (bicyclic) bond motifs is 1. The summed E-state index contributed by atoms with van der Waals surface area (Å²) < 4.78 is 28.9. The standard InChI is InChI=1S/C23H24N6O4S2/c24-35(31,32)33-11-15-5-6-17(7-15)28-23-18(9-25-13-26-23)22(30)21-8-16(12-34-21)10-29-14-27-19-3-1-2-4-20(19)29/h1-4,8-9,12-15,17H,5-7,10-11H2,(H2,24,31,32)(H,25,26,28)/t15-,17+/m1/s1. The maximum Gasteiger partial charge on any atom is 0.333 e. The number of thiophene rings is 1. The molecule has 0 unspecified atom stereocenters. The normalized spacial score (nSPS) is 18.2. The molecule has 1 fully saturated rings. The van der Waals surface area contributed by atoms with Crippen molar-refractivity contribution in [2.75, 3.05) is 11.9 Å². The molecule has 0 bridgehead atoms. The second-order valence-corrected chi connectivity index (χ2v) is 10.7. The molecule has 10 nitrogen and oxygen atoms in total. The number of ketones is 1. The van der Waals surface area contributed by atoms with Crippen LogP contribution in [0.1, 0.15) is 40.1 Å². The predicted molar refractivity (Wildman–Crippen MR) is 132 cm³/mol. The van der Waals surface area contributed by atoms with Gasteiger partial charge in [0.2, 0.25) is 5.78 Å². The zero-order valence-corrected chi connectivity index (χ0v) is 20.3. The van der Waals surface area contributed by atoms with E-state index in [1.807, 2.05) is 35.7 Å². The molecule has 0 amide bonds. The van der Waals surface area contributed by atoms with Crippen LogP contribution >= 0.6 is 11.3 Å². The van der Waals surface area contributed by atoms with Gasteiger partial charge in [0.15, 0.2) is 0 Å². The fraction of sp³-hybridized carbons (Fsp3) is 0.304. The second-order valence-electron chi connectivity index (χ2n) is 8.59. The van der Waals surface area contributed by atoms with Crippen LogP contribution in [0.25, 0.3) is 11.0 Å². The summed E-state index contributed by atoms with van der Waals surface area (Å²) in [6.07, 6.45) is 7.02. The molecule has 2 atom stereocenters. The van der Waals surface area contributed by atoms with Crippen LogP contribution in [-0.4, -0.2) is 46.4 Å². The lowest BCUT2D eigenvalue weighted by Crippen LogP contribution is -2.22. The van der Waals surface area contributed by atoms with E-state index in [1.54, 1.807) is 6.33 Å². The zero-order valence-electron chi connectivity index (χ0n) is 18.7. The molecule has 35 heavy (non-hydrogen) atoms. The van der Waals surface area contributed by atoms with Crippen molar-refractivity contribution in [2.24, 2.45) is 11.1 Å². The minimum Gasteiger partial charge on any atom is -0.367 e. The number of nitrogens with zero attached hydrogens (tertiary/aromatic N) is 4. The van der Waals surface area contributed by atoms with Crippen molar-refractivity contribution in [1.82, 2.24) is 19.5 Å². The van der Waals surface area contributed by atoms with Gasteiger partial charge in [-0.1, -0.05) is 12.1 Å². The Morgan fingerprint density at radius 1 is 1.26 bits per heavy atom. The molecule has 1 aliphatic rings. The number of anilines is 1. The minimum atomic E-state index is -3.95. The third kappa shape index (κ3) is 5.56.